The zero-order chi connectivity index (χ0) is 15.1. The van der Waals surface area contributed by atoms with Crippen molar-refractivity contribution in [2.45, 2.75) is 51.1 Å². The van der Waals surface area contributed by atoms with Crippen molar-refractivity contribution in [3.63, 3.8) is 0 Å². The van der Waals surface area contributed by atoms with Crippen molar-refractivity contribution < 1.29 is 9.90 Å². The third-order valence-corrected chi connectivity index (χ3v) is 4.23. The molecule has 1 unspecified atom stereocenters. The lowest BCUT2D eigenvalue weighted by Crippen LogP contribution is -2.48. The second-order valence-electron chi connectivity index (χ2n) is 6.14. The van der Waals surface area contributed by atoms with Gasteiger partial charge in [-0.1, -0.05) is 37.3 Å². The van der Waals surface area contributed by atoms with Crippen molar-refractivity contribution >= 4 is 6.03 Å². The first kappa shape index (κ1) is 15.8. The van der Waals surface area contributed by atoms with Crippen LogP contribution in [0.3, 0.4) is 0 Å². The normalized spacial score (nSPS) is 23.3. The first-order valence-electron chi connectivity index (χ1n) is 7.89. The van der Waals surface area contributed by atoms with Crippen LogP contribution in [0.1, 0.15) is 38.2 Å². The van der Waals surface area contributed by atoms with Gasteiger partial charge < -0.3 is 15.7 Å². The maximum absolute atomic E-state index is 12.0. The fourth-order valence-corrected chi connectivity index (χ4v) is 2.88. The third kappa shape index (κ3) is 5.38. The fraction of sp³-hybridized carbons (Fsp3) is 0.588. The van der Waals surface area contributed by atoms with Gasteiger partial charge in [0.05, 0.1) is 12.6 Å². The maximum Gasteiger partial charge on any atom is 0.315 e. The molecular weight excluding hydrogens is 264 g/mol. The number of rotatable bonds is 5. The molecule has 1 aliphatic carbocycles. The van der Waals surface area contributed by atoms with Gasteiger partial charge in [0.25, 0.3) is 0 Å². The average Bonchev–Trinajstić information content (AvgIpc) is 2.50. The molecule has 4 heteroatoms. The van der Waals surface area contributed by atoms with Crippen LogP contribution in [0.25, 0.3) is 0 Å². The molecule has 0 saturated heterocycles. The molecule has 0 aliphatic heterocycles. The molecule has 1 fully saturated rings. The van der Waals surface area contributed by atoms with E-state index in [2.05, 4.69) is 17.6 Å². The molecule has 116 valence electrons. The fourth-order valence-electron chi connectivity index (χ4n) is 2.88. The molecule has 1 aromatic rings. The predicted molar refractivity (Wildman–Crippen MR) is 84.1 cm³/mol. The van der Waals surface area contributed by atoms with Crippen LogP contribution in [-0.2, 0) is 6.42 Å². The van der Waals surface area contributed by atoms with Crippen molar-refractivity contribution in [3.05, 3.63) is 35.9 Å². The molecule has 2 rings (SSSR count). The molecule has 0 spiro atoms. The van der Waals surface area contributed by atoms with Gasteiger partial charge in [0.1, 0.15) is 0 Å². The van der Waals surface area contributed by atoms with E-state index in [1.54, 1.807) is 0 Å². The summed E-state index contributed by atoms with van der Waals surface area (Å²) >= 11 is 0. The standard InChI is InChI=1S/C17H26N2O2/c1-13-7-9-15(10-8-13)18-17(21)19-16(12-20)11-14-5-3-2-4-6-14/h2-6,13,15-16,20H,7-12H2,1H3,(H2,18,19,21). The first-order chi connectivity index (χ1) is 10.2. The lowest BCUT2D eigenvalue weighted by molar-refractivity contribution is 0.208. The van der Waals surface area contributed by atoms with Crippen LogP contribution in [0.15, 0.2) is 30.3 Å². The number of hydrogen-bond donors (Lipinski definition) is 3. The third-order valence-electron chi connectivity index (χ3n) is 4.23. The van der Waals surface area contributed by atoms with Crippen molar-refractivity contribution in [1.82, 2.24) is 10.6 Å². The van der Waals surface area contributed by atoms with Gasteiger partial charge in [-0.2, -0.15) is 0 Å². The van der Waals surface area contributed by atoms with Gasteiger partial charge in [-0.3, -0.25) is 0 Å². The molecule has 1 atom stereocenters. The molecule has 1 aliphatic rings. The number of hydrogen-bond acceptors (Lipinski definition) is 2. The Morgan fingerprint density at radius 3 is 2.52 bits per heavy atom. The number of aliphatic hydroxyl groups excluding tert-OH is 1. The van der Waals surface area contributed by atoms with Crippen LogP contribution in [0.2, 0.25) is 0 Å². The van der Waals surface area contributed by atoms with Gasteiger partial charge in [-0.05, 0) is 43.6 Å². The first-order valence-corrected chi connectivity index (χ1v) is 7.89. The molecule has 0 bridgehead atoms. The number of nitrogens with one attached hydrogen (secondary N) is 2. The Kier molecular flexibility index (Phi) is 6.05. The van der Waals surface area contributed by atoms with Crippen LogP contribution >= 0.6 is 0 Å². The van der Waals surface area contributed by atoms with Crippen LogP contribution in [0.4, 0.5) is 4.79 Å². The zero-order valence-electron chi connectivity index (χ0n) is 12.7. The van der Waals surface area contributed by atoms with E-state index in [1.165, 1.54) is 12.8 Å². The SMILES string of the molecule is CC1CCC(NC(=O)NC(CO)Cc2ccccc2)CC1. The molecule has 4 nitrogen and oxygen atoms in total. The number of aliphatic hydroxyl groups is 1. The van der Waals surface area contributed by atoms with Gasteiger partial charge in [0.2, 0.25) is 0 Å². The summed E-state index contributed by atoms with van der Waals surface area (Å²) in [6.07, 6.45) is 5.11. The van der Waals surface area contributed by atoms with Crippen LogP contribution in [0, 0.1) is 5.92 Å². The van der Waals surface area contributed by atoms with E-state index < -0.39 is 0 Å². The van der Waals surface area contributed by atoms with E-state index in [-0.39, 0.29) is 24.7 Å². The van der Waals surface area contributed by atoms with E-state index >= 15 is 0 Å². The highest BCUT2D eigenvalue weighted by Gasteiger charge is 2.20. The van der Waals surface area contributed by atoms with Crippen molar-refractivity contribution in [2.24, 2.45) is 5.92 Å². The van der Waals surface area contributed by atoms with Crippen molar-refractivity contribution in [2.75, 3.05) is 6.61 Å². The molecular formula is C17H26N2O2. The maximum atomic E-state index is 12.0. The van der Waals surface area contributed by atoms with Gasteiger partial charge in [-0.25, -0.2) is 4.79 Å². The number of carbonyl (C=O) groups is 1. The van der Waals surface area contributed by atoms with Gasteiger partial charge in [-0.15, -0.1) is 0 Å². The van der Waals surface area contributed by atoms with Crippen molar-refractivity contribution in [3.8, 4) is 0 Å². The minimum Gasteiger partial charge on any atom is -0.394 e. The van der Waals surface area contributed by atoms with E-state index in [4.69, 9.17) is 0 Å². The largest absolute Gasteiger partial charge is 0.394 e. The van der Waals surface area contributed by atoms with Gasteiger partial charge in [0.15, 0.2) is 0 Å². The summed E-state index contributed by atoms with van der Waals surface area (Å²) in [5, 5.41) is 15.3. The average molecular weight is 290 g/mol. The topological polar surface area (TPSA) is 61.4 Å². The number of benzene rings is 1. The highest BCUT2D eigenvalue weighted by molar-refractivity contribution is 5.74. The van der Waals surface area contributed by atoms with E-state index in [9.17, 15) is 9.90 Å². The van der Waals surface area contributed by atoms with Gasteiger partial charge in [0, 0.05) is 6.04 Å². The molecule has 2 amide bonds. The summed E-state index contributed by atoms with van der Waals surface area (Å²) in [5.74, 6) is 0.773. The molecule has 0 radical (unpaired) electrons. The zero-order valence-corrected chi connectivity index (χ0v) is 12.7. The number of amides is 2. The van der Waals surface area contributed by atoms with Gasteiger partial charge >= 0.3 is 6.03 Å². The summed E-state index contributed by atoms with van der Waals surface area (Å²) in [6, 6.07) is 9.77. The minimum atomic E-state index is -0.241. The Labute approximate surface area is 126 Å². The Bertz CT molecular complexity index is 428. The molecule has 0 aromatic heterocycles. The highest BCUT2D eigenvalue weighted by atomic mass is 16.3. The van der Waals surface area contributed by atoms with E-state index in [0.29, 0.717) is 6.42 Å². The highest BCUT2D eigenvalue weighted by Crippen LogP contribution is 2.23. The van der Waals surface area contributed by atoms with Crippen LogP contribution in [-0.4, -0.2) is 29.8 Å². The molecule has 0 heterocycles. The quantitative estimate of drug-likeness (QED) is 0.780. The summed E-state index contributed by atoms with van der Waals surface area (Å²) < 4.78 is 0. The predicted octanol–water partition coefficient (Wildman–Crippen LogP) is 2.47. The van der Waals surface area contributed by atoms with Crippen LogP contribution in [0.5, 0.6) is 0 Å². The second-order valence-corrected chi connectivity index (χ2v) is 6.14. The summed E-state index contributed by atoms with van der Waals surface area (Å²) in [6.45, 7) is 2.21. The van der Waals surface area contributed by atoms with E-state index in [0.717, 1.165) is 24.3 Å². The smallest absolute Gasteiger partial charge is 0.315 e. The molecule has 21 heavy (non-hydrogen) atoms. The number of urea groups is 1. The second kappa shape index (κ2) is 8.03. The van der Waals surface area contributed by atoms with Crippen LogP contribution < -0.4 is 10.6 Å². The summed E-state index contributed by atoms with van der Waals surface area (Å²) in [7, 11) is 0. The molecule has 1 aromatic carbocycles. The molecule has 1 saturated carbocycles. The molecule has 3 N–H and O–H groups in total. The van der Waals surface area contributed by atoms with E-state index in [1.807, 2.05) is 30.3 Å². The Balaban J connectivity index is 1.77. The minimum absolute atomic E-state index is 0.0516. The lowest BCUT2D eigenvalue weighted by atomic mass is 9.87. The lowest BCUT2D eigenvalue weighted by Gasteiger charge is -2.27. The Morgan fingerprint density at radius 2 is 1.90 bits per heavy atom. The summed E-state index contributed by atoms with van der Waals surface area (Å²) in [5.41, 5.74) is 1.11. The summed E-state index contributed by atoms with van der Waals surface area (Å²) in [4.78, 5) is 12.0. The number of carbonyl (C=O) groups excluding carboxylic acids is 1. The van der Waals surface area contributed by atoms with Crippen molar-refractivity contribution in [1.29, 1.82) is 0 Å². The Morgan fingerprint density at radius 1 is 1.24 bits per heavy atom. The monoisotopic (exact) mass is 290 g/mol. The Hall–Kier alpha value is -1.55.